The van der Waals surface area contributed by atoms with Gasteiger partial charge >= 0.3 is 0 Å². The molecule has 0 amide bonds. The molecule has 0 aromatic carbocycles. The van der Waals surface area contributed by atoms with Crippen LogP contribution in [-0.2, 0) is 0 Å². The van der Waals surface area contributed by atoms with Gasteiger partial charge in [0.05, 0.1) is 0 Å². The molecule has 0 atom stereocenters. The minimum Gasteiger partial charge on any atom is -0.122 e. The standard InChI is InChI=1S/2C4H6Cl2/c2*5-3-1-2-4-6/h2*1-2H,3-4H2. The minimum absolute atomic E-state index is 0.562. The van der Waals surface area contributed by atoms with Crippen LogP contribution in [-0.4, -0.2) is 23.5 Å². The molecule has 0 heterocycles. The quantitative estimate of drug-likeness (QED) is 0.521. The van der Waals surface area contributed by atoms with Crippen molar-refractivity contribution in [2.24, 2.45) is 0 Å². The van der Waals surface area contributed by atoms with Crippen molar-refractivity contribution < 1.29 is 0 Å². The second kappa shape index (κ2) is 17.7. The van der Waals surface area contributed by atoms with Crippen molar-refractivity contribution in [1.82, 2.24) is 0 Å². The summed E-state index contributed by atoms with van der Waals surface area (Å²) in [5.41, 5.74) is 0. The van der Waals surface area contributed by atoms with Crippen LogP contribution in [0.5, 0.6) is 0 Å². The van der Waals surface area contributed by atoms with E-state index in [1.165, 1.54) is 0 Å². The number of rotatable bonds is 4. The van der Waals surface area contributed by atoms with E-state index < -0.39 is 0 Å². The number of allylic oxidation sites excluding steroid dienone is 4. The molecule has 0 aromatic rings. The third-order valence-corrected chi connectivity index (χ3v) is 1.40. The first-order valence-electron chi connectivity index (χ1n) is 3.37. The Labute approximate surface area is 94.1 Å². The zero-order valence-corrected chi connectivity index (χ0v) is 9.67. The van der Waals surface area contributed by atoms with E-state index in [4.69, 9.17) is 46.4 Å². The zero-order valence-electron chi connectivity index (χ0n) is 6.65. The Kier molecular flexibility index (Phi) is 22.3. The lowest BCUT2D eigenvalue weighted by atomic mass is 10.6. The number of halogens is 4. The van der Waals surface area contributed by atoms with Gasteiger partial charge in [-0.05, 0) is 0 Å². The fourth-order valence-corrected chi connectivity index (χ4v) is 0.756. The van der Waals surface area contributed by atoms with Crippen LogP contribution in [0, 0.1) is 0 Å². The number of hydrogen-bond donors (Lipinski definition) is 0. The molecule has 12 heavy (non-hydrogen) atoms. The van der Waals surface area contributed by atoms with E-state index in [0.717, 1.165) is 0 Å². The van der Waals surface area contributed by atoms with E-state index in [2.05, 4.69) is 0 Å². The molecule has 72 valence electrons. The summed E-state index contributed by atoms with van der Waals surface area (Å²) in [6, 6.07) is 0. The smallest absolute Gasteiger partial charge is 0.0404 e. The Balaban J connectivity index is 0. The molecule has 0 nitrogen and oxygen atoms in total. The average Bonchev–Trinajstić information content (AvgIpc) is 2.12. The molecule has 0 radical (unpaired) electrons. The molecule has 0 unspecified atom stereocenters. The normalized spacial score (nSPS) is 10.3. The Bertz CT molecular complexity index is 83.6. The van der Waals surface area contributed by atoms with Crippen LogP contribution >= 0.6 is 46.4 Å². The van der Waals surface area contributed by atoms with Crippen molar-refractivity contribution in [3.05, 3.63) is 24.3 Å². The van der Waals surface area contributed by atoms with E-state index in [0.29, 0.717) is 23.5 Å². The van der Waals surface area contributed by atoms with Gasteiger partial charge in [-0.25, -0.2) is 0 Å². The number of alkyl halides is 4. The largest absolute Gasteiger partial charge is 0.122 e. The van der Waals surface area contributed by atoms with Gasteiger partial charge in [0.25, 0.3) is 0 Å². The van der Waals surface area contributed by atoms with Crippen LogP contribution < -0.4 is 0 Å². The molecule has 0 fully saturated rings. The van der Waals surface area contributed by atoms with Gasteiger partial charge in [0.1, 0.15) is 0 Å². The highest BCUT2D eigenvalue weighted by Crippen LogP contribution is 1.80. The van der Waals surface area contributed by atoms with Crippen LogP contribution in [0.4, 0.5) is 0 Å². The molecule has 0 bridgehead atoms. The summed E-state index contributed by atoms with van der Waals surface area (Å²) >= 11 is 20.9. The van der Waals surface area contributed by atoms with Crippen LogP contribution in [0.15, 0.2) is 24.3 Å². The third-order valence-electron chi connectivity index (χ3n) is 0.690. The first-order valence-corrected chi connectivity index (χ1v) is 5.51. The first-order chi connectivity index (χ1) is 5.83. The Morgan fingerprint density at radius 2 is 0.667 bits per heavy atom. The van der Waals surface area contributed by atoms with Gasteiger partial charge in [0.2, 0.25) is 0 Å². The van der Waals surface area contributed by atoms with Crippen molar-refractivity contribution in [3.63, 3.8) is 0 Å². The monoisotopic (exact) mass is 248 g/mol. The number of hydrogen-bond acceptors (Lipinski definition) is 0. The fraction of sp³-hybridized carbons (Fsp3) is 0.500. The molecule has 0 aliphatic heterocycles. The molecule has 0 aliphatic rings. The molecule has 0 saturated carbocycles. The van der Waals surface area contributed by atoms with Gasteiger partial charge in [-0.3, -0.25) is 0 Å². The fourth-order valence-electron chi connectivity index (χ4n) is 0.252. The SMILES string of the molecule is ClCC=CCCl.ClCC=CCCl. The second-order valence-electron chi connectivity index (χ2n) is 1.56. The molecular weight excluding hydrogens is 238 g/mol. The predicted molar refractivity (Wildman–Crippen MR) is 61.2 cm³/mol. The Morgan fingerprint density at radius 1 is 0.500 bits per heavy atom. The molecule has 0 aromatic heterocycles. The van der Waals surface area contributed by atoms with Gasteiger partial charge in [-0.15, -0.1) is 46.4 Å². The Hall–Kier alpha value is 0.640. The molecule has 0 aliphatic carbocycles. The van der Waals surface area contributed by atoms with Crippen molar-refractivity contribution in [2.45, 2.75) is 0 Å². The van der Waals surface area contributed by atoms with E-state index in [9.17, 15) is 0 Å². The molecular formula is C8H12Cl4. The Morgan fingerprint density at radius 3 is 0.750 bits per heavy atom. The van der Waals surface area contributed by atoms with Gasteiger partial charge in [0.15, 0.2) is 0 Å². The molecule has 0 spiro atoms. The molecule has 0 rings (SSSR count). The first kappa shape index (κ1) is 15.1. The average molecular weight is 250 g/mol. The summed E-state index contributed by atoms with van der Waals surface area (Å²) in [5.74, 6) is 2.25. The highest BCUT2D eigenvalue weighted by Gasteiger charge is 1.63. The lowest BCUT2D eigenvalue weighted by molar-refractivity contribution is 1.65. The van der Waals surface area contributed by atoms with Gasteiger partial charge in [0, 0.05) is 23.5 Å². The molecule has 0 N–H and O–H groups in total. The van der Waals surface area contributed by atoms with Crippen molar-refractivity contribution >= 4 is 46.4 Å². The maximum Gasteiger partial charge on any atom is 0.0404 e. The second-order valence-corrected chi connectivity index (χ2v) is 2.79. The summed E-state index contributed by atoms with van der Waals surface area (Å²) in [6.45, 7) is 0. The summed E-state index contributed by atoms with van der Waals surface area (Å²) < 4.78 is 0. The predicted octanol–water partition coefficient (Wildman–Crippen LogP) is 4.04. The van der Waals surface area contributed by atoms with E-state index >= 15 is 0 Å². The van der Waals surface area contributed by atoms with Crippen molar-refractivity contribution in [1.29, 1.82) is 0 Å². The van der Waals surface area contributed by atoms with E-state index in [1.807, 2.05) is 24.3 Å². The van der Waals surface area contributed by atoms with Gasteiger partial charge in [-0.1, -0.05) is 24.3 Å². The van der Waals surface area contributed by atoms with Crippen LogP contribution in [0.3, 0.4) is 0 Å². The van der Waals surface area contributed by atoms with E-state index in [-0.39, 0.29) is 0 Å². The third kappa shape index (κ3) is 22.4. The van der Waals surface area contributed by atoms with Gasteiger partial charge < -0.3 is 0 Å². The summed E-state index contributed by atoms with van der Waals surface area (Å²) in [4.78, 5) is 0. The summed E-state index contributed by atoms with van der Waals surface area (Å²) in [7, 11) is 0. The van der Waals surface area contributed by atoms with Crippen LogP contribution in [0.1, 0.15) is 0 Å². The van der Waals surface area contributed by atoms with Crippen molar-refractivity contribution in [3.8, 4) is 0 Å². The highest BCUT2D eigenvalue weighted by atomic mass is 35.5. The minimum atomic E-state index is 0.562. The highest BCUT2D eigenvalue weighted by molar-refractivity contribution is 6.20. The zero-order chi connectivity index (χ0) is 9.66. The van der Waals surface area contributed by atoms with E-state index in [1.54, 1.807) is 0 Å². The van der Waals surface area contributed by atoms with Crippen molar-refractivity contribution in [2.75, 3.05) is 23.5 Å². The molecule has 0 saturated heterocycles. The van der Waals surface area contributed by atoms with Gasteiger partial charge in [-0.2, -0.15) is 0 Å². The maximum atomic E-state index is 5.23. The molecule has 4 heteroatoms. The summed E-state index contributed by atoms with van der Waals surface area (Å²) in [6.07, 6.45) is 7.26. The maximum absolute atomic E-state index is 5.23. The van der Waals surface area contributed by atoms with Crippen LogP contribution in [0.2, 0.25) is 0 Å². The lowest BCUT2D eigenvalue weighted by Gasteiger charge is -1.69. The summed E-state index contributed by atoms with van der Waals surface area (Å²) in [5, 5.41) is 0. The lowest BCUT2D eigenvalue weighted by Crippen LogP contribution is -1.60. The van der Waals surface area contributed by atoms with Crippen LogP contribution in [0.25, 0.3) is 0 Å². The topological polar surface area (TPSA) is 0 Å².